The van der Waals surface area contributed by atoms with Crippen molar-refractivity contribution in [2.45, 2.75) is 45.4 Å². The summed E-state index contributed by atoms with van der Waals surface area (Å²) in [4.78, 5) is 10.9. The molecule has 0 bridgehead atoms. The van der Waals surface area contributed by atoms with Crippen LogP contribution in [0.2, 0.25) is 0 Å². The summed E-state index contributed by atoms with van der Waals surface area (Å²) in [5, 5.41) is 0. The molecule has 0 amide bonds. The molecule has 1 aliphatic carbocycles. The lowest BCUT2D eigenvalue weighted by atomic mass is 9.90. The van der Waals surface area contributed by atoms with Crippen LogP contribution in [0, 0.1) is 5.92 Å². The highest BCUT2D eigenvalue weighted by Crippen LogP contribution is 2.47. The van der Waals surface area contributed by atoms with E-state index in [-0.39, 0.29) is 5.92 Å². The van der Waals surface area contributed by atoms with Crippen LogP contribution < -0.4 is 9.42 Å². The maximum atomic E-state index is 10.9. The minimum absolute atomic E-state index is 0.251. The second kappa shape index (κ2) is 5.38. The molecule has 1 saturated carbocycles. The third-order valence-electron chi connectivity index (χ3n) is 3.68. The second-order valence-corrected chi connectivity index (χ2v) is 5.99. The zero-order valence-electron chi connectivity index (χ0n) is 11.1. The van der Waals surface area contributed by atoms with Crippen LogP contribution in [0.15, 0.2) is 18.2 Å². The lowest BCUT2D eigenvalue weighted by Gasteiger charge is -2.17. The van der Waals surface area contributed by atoms with Crippen LogP contribution in [0.3, 0.4) is 0 Å². The van der Waals surface area contributed by atoms with E-state index in [1.807, 2.05) is 32.0 Å². The van der Waals surface area contributed by atoms with E-state index in [4.69, 9.17) is 4.52 Å². The average molecular weight is 266 g/mol. The molecule has 2 atom stereocenters. The number of hydrogen-bond donors (Lipinski definition) is 0. The highest BCUT2D eigenvalue weighted by Gasteiger charge is 2.32. The SMILES string of the molecule is CC(C)c1cccc([C@H](C)C2CC2)c1O[P+](=O)[O-]. The summed E-state index contributed by atoms with van der Waals surface area (Å²) >= 11 is 0. The van der Waals surface area contributed by atoms with Crippen molar-refractivity contribution >= 4 is 8.25 Å². The molecule has 2 rings (SSSR count). The molecule has 0 spiro atoms. The van der Waals surface area contributed by atoms with Gasteiger partial charge in [0, 0.05) is 11.1 Å². The van der Waals surface area contributed by atoms with E-state index in [0.29, 0.717) is 17.6 Å². The van der Waals surface area contributed by atoms with Gasteiger partial charge in [-0.2, -0.15) is 0 Å². The normalized spacial score (nSPS) is 17.7. The fourth-order valence-electron chi connectivity index (χ4n) is 2.42. The molecule has 1 fully saturated rings. The summed E-state index contributed by atoms with van der Waals surface area (Å²) in [6, 6.07) is 5.93. The molecular weight excluding hydrogens is 247 g/mol. The van der Waals surface area contributed by atoms with Crippen molar-refractivity contribution in [1.82, 2.24) is 0 Å². The molecular formula is C14H19O3P. The van der Waals surface area contributed by atoms with Crippen LogP contribution in [0.5, 0.6) is 5.75 Å². The second-order valence-electron chi connectivity index (χ2n) is 5.36. The van der Waals surface area contributed by atoms with Crippen LogP contribution >= 0.6 is 8.25 Å². The van der Waals surface area contributed by atoms with E-state index >= 15 is 0 Å². The molecule has 18 heavy (non-hydrogen) atoms. The van der Waals surface area contributed by atoms with Crippen LogP contribution in [-0.4, -0.2) is 0 Å². The van der Waals surface area contributed by atoms with Gasteiger partial charge in [0.15, 0.2) is 5.75 Å². The van der Waals surface area contributed by atoms with Gasteiger partial charge in [-0.25, -0.2) is 0 Å². The largest absolute Gasteiger partial charge is 0.558 e. The average Bonchev–Trinajstić information content (AvgIpc) is 3.11. The Kier molecular flexibility index (Phi) is 4.04. The highest BCUT2D eigenvalue weighted by atomic mass is 31.1. The van der Waals surface area contributed by atoms with Crippen molar-refractivity contribution in [3.8, 4) is 5.75 Å². The fourth-order valence-corrected chi connectivity index (χ4v) is 2.78. The quantitative estimate of drug-likeness (QED) is 0.763. The Morgan fingerprint density at radius 3 is 2.39 bits per heavy atom. The predicted molar refractivity (Wildman–Crippen MR) is 69.9 cm³/mol. The van der Waals surface area contributed by atoms with Crippen molar-refractivity contribution in [1.29, 1.82) is 0 Å². The molecule has 1 unspecified atom stereocenters. The molecule has 0 N–H and O–H groups in total. The molecule has 0 heterocycles. The van der Waals surface area contributed by atoms with Crippen LogP contribution in [0.25, 0.3) is 0 Å². The Bertz CT molecular complexity index is 452. The van der Waals surface area contributed by atoms with E-state index in [1.54, 1.807) is 0 Å². The molecule has 3 nitrogen and oxygen atoms in total. The Morgan fingerprint density at radius 2 is 1.89 bits per heavy atom. The summed E-state index contributed by atoms with van der Waals surface area (Å²) in [6.45, 7) is 6.25. The first-order valence-electron chi connectivity index (χ1n) is 6.46. The van der Waals surface area contributed by atoms with E-state index in [2.05, 4.69) is 6.92 Å². The lowest BCUT2D eigenvalue weighted by molar-refractivity contribution is -0.178. The van der Waals surface area contributed by atoms with Crippen LogP contribution in [-0.2, 0) is 4.57 Å². The summed E-state index contributed by atoms with van der Waals surface area (Å²) in [5.41, 5.74) is 2.00. The van der Waals surface area contributed by atoms with Crippen LogP contribution in [0.4, 0.5) is 0 Å². The number of para-hydroxylation sites is 1. The molecule has 0 radical (unpaired) electrons. The van der Waals surface area contributed by atoms with E-state index in [9.17, 15) is 9.46 Å². The molecule has 1 aromatic carbocycles. The van der Waals surface area contributed by atoms with Crippen molar-refractivity contribution in [3.63, 3.8) is 0 Å². The third-order valence-corrected chi connectivity index (χ3v) is 4.02. The van der Waals surface area contributed by atoms with Gasteiger partial charge in [-0.1, -0.05) is 39.0 Å². The van der Waals surface area contributed by atoms with Gasteiger partial charge in [-0.05, 0) is 35.2 Å². The first-order chi connectivity index (χ1) is 8.50. The number of benzene rings is 1. The zero-order valence-corrected chi connectivity index (χ0v) is 11.9. The molecule has 0 aliphatic heterocycles. The number of hydrogen-bond acceptors (Lipinski definition) is 3. The van der Waals surface area contributed by atoms with Crippen molar-refractivity contribution in [2.24, 2.45) is 5.92 Å². The molecule has 0 saturated heterocycles. The Morgan fingerprint density at radius 1 is 1.28 bits per heavy atom. The van der Waals surface area contributed by atoms with Gasteiger partial charge in [0.05, 0.1) is 0 Å². The smallest absolute Gasteiger partial charge is 0.539 e. The first kappa shape index (κ1) is 13.5. The lowest BCUT2D eigenvalue weighted by Crippen LogP contribution is -2.05. The van der Waals surface area contributed by atoms with Gasteiger partial charge in [0.1, 0.15) is 0 Å². The third kappa shape index (κ3) is 2.90. The van der Waals surface area contributed by atoms with Gasteiger partial charge in [-0.3, -0.25) is 4.52 Å². The van der Waals surface area contributed by atoms with Gasteiger partial charge in [0.25, 0.3) is 0 Å². The maximum Gasteiger partial charge on any atom is 0.539 e. The van der Waals surface area contributed by atoms with Gasteiger partial charge in [-0.15, -0.1) is 0 Å². The fraction of sp³-hybridized carbons (Fsp3) is 0.571. The maximum absolute atomic E-state index is 10.9. The Labute approximate surface area is 109 Å². The first-order valence-corrected chi connectivity index (χ1v) is 7.55. The number of rotatable bonds is 5. The molecule has 0 aromatic heterocycles. The van der Waals surface area contributed by atoms with Gasteiger partial charge >= 0.3 is 8.25 Å². The van der Waals surface area contributed by atoms with E-state index in [0.717, 1.165) is 11.1 Å². The molecule has 1 aromatic rings. The summed E-state index contributed by atoms with van der Waals surface area (Å²) < 4.78 is 16.0. The Hall–Kier alpha value is -0.920. The van der Waals surface area contributed by atoms with Crippen molar-refractivity contribution in [3.05, 3.63) is 29.3 Å². The Balaban J connectivity index is 2.42. The van der Waals surface area contributed by atoms with E-state index < -0.39 is 8.25 Å². The molecule has 1 aliphatic rings. The summed E-state index contributed by atoms with van der Waals surface area (Å²) in [7, 11) is -2.86. The van der Waals surface area contributed by atoms with Crippen LogP contribution in [0.1, 0.15) is 56.6 Å². The topological polar surface area (TPSA) is 49.4 Å². The van der Waals surface area contributed by atoms with Crippen molar-refractivity contribution in [2.75, 3.05) is 0 Å². The minimum atomic E-state index is -2.86. The summed E-state index contributed by atoms with van der Waals surface area (Å²) in [6.07, 6.45) is 2.46. The van der Waals surface area contributed by atoms with Gasteiger partial charge < -0.3 is 4.89 Å². The minimum Gasteiger partial charge on any atom is -0.558 e. The molecule has 98 valence electrons. The van der Waals surface area contributed by atoms with Gasteiger partial charge in [0.2, 0.25) is 0 Å². The summed E-state index contributed by atoms with van der Waals surface area (Å²) in [5.74, 6) is 1.86. The monoisotopic (exact) mass is 266 g/mol. The highest BCUT2D eigenvalue weighted by molar-refractivity contribution is 7.31. The molecule has 4 heteroatoms. The van der Waals surface area contributed by atoms with E-state index in [1.165, 1.54) is 12.8 Å². The standard InChI is InChI=1S/C14H19O3P/c1-9(2)12-5-4-6-13(10(3)11-7-8-11)14(12)17-18(15)16/h4-6,9-11H,7-8H2,1-3H3/t10-/m1/s1. The predicted octanol–water partition coefficient (Wildman–Crippen LogP) is 3.72. The zero-order chi connectivity index (χ0) is 13.3. The van der Waals surface area contributed by atoms with Crippen molar-refractivity contribution < 1.29 is 14.0 Å².